The predicted molar refractivity (Wildman–Crippen MR) is 79.7 cm³/mol. The maximum atomic E-state index is 12.3. The molecule has 5 heteroatoms. The van der Waals surface area contributed by atoms with Gasteiger partial charge in [-0.2, -0.15) is 5.10 Å². The van der Waals surface area contributed by atoms with Crippen molar-refractivity contribution in [2.45, 2.75) is 59.5 Å². The zero-order valence-corrected chi connectivity index (χ0v) is 13.0. The maximum absolute atomic E-state index is 12.3. The molecule has 114 valence electrons. The lowest BCUT2D eigenvalue weighted by atomic mass is 10.1. The minimum absolute atomic E-state index is 0.0191. The van der Waals surface area contributed by atoms with E-state index < -0.39 is 0 Å². The van der Waals surface area contributed by atoms with Crippen LogP contribution in [0, 0.1) is 5.92 Å². The Morgan fingerprint density at radius 3 is 2.65 bits per heavy atom. The van der Waals surface area contributed by atoms with Gasteiger partial charge < -0.3 is 10.4 Å². The van der Waals surface area contributed by atoms with E-state index in [0.717, 1.165) is 25.1 Å². The quantitative estimate of drug-likeness (QED) is 0.766. The van der Waals surface area contributed by atoms with E-state index in [1.54, 1.807) is 6.20 Å². The van der Waals surface area contributed by atoms with E-state index in [2.05, 4.69) is 24.3 Å². The molecule has 1 aromatic rings. The molecular weight excluding hydrogens is 254 g/mol. The molecule has 0 radical (unpaired) electrons. The highest BCUT2D eigenvalue weighted by Gasteiger charge is 2.18. The molecule has 0 aliphatic carbocycles. The van der Waals surface area contributed by atoms with Gasteiger partial charge in [0.2, 0.25) is 0 Å². The first-order valence-corrected chi connectivity index (χ1v) is 7.49. The third kappa shape index (κ3) is 4.34. The number of rotatable bonds is 8. The van der Waals surface area contributed by atoms with Crippen molar-refractivity contribution in [3.63, 3.8) is 0 Å². The van der Waals surface area contributed by atoms with Crippen LogP contribution in [-0.2, 0) is 13.0 Å². The molecule has 0 spiro atoms. The van der Waals surface area contributed by atoms with Gasteiger partial charge in [0.15, 0.2) is 0 Å². The van der Waals surface area contributed by atoms with Crippen LogP contribution in [0.1, 0.15) is 56.6 Å². The van der Waals surface area contributed by atoms with E-state index in [4.69, 9.17) is 5.11 Å². The molecule has 0 fully saturated rings. The number of aliphatic hydroxyl groups is 1. The van der Waals surface area contributed by atoms with Gasteiger partial charge in [-0.1, -0.05) is 27.7 Å². The molecule has 2 N–H and O–H groups in total. The molecule has 1 unspecified atom stereocenters. The van der Waals surface area contributed by atoms with Crippen LogP contribution in [0.4, 0.5) is 0 Å². The van der Waals surface area contributed by atoms with Crippen LogP contribution in [0.25, 0.3) is 0 Å². The molecule has 20 heavy (non-hydrogen) atoms. The molecule has 0 saturated heterocycles. The van der Waals surface area contributed by atoms with Gasteiger partial charge in [-0.15, -0.1) is 0 Å². The minimum atomic E-state index is -0.0860. The van der Waals surface area contributed by atoms with E-state index in [1.165, 1.54) is 0 Å². The number of carbonyl (C=O) groups is 1. The number of carbonyl (C=O) groups excluding carboxylic acids is 1. The molecule has 0 bridgehead atoms. The Hall–Kier alpha value is -1.36. The number of aliphatic hydroxyl groups excluding tert-OH is 1. The van der Waals surface area contributed by atoms with E-state index in [1.807, 2.05) is 18.5 Å². The second-order valence-electron chi connectivity index (χ2n) is 5.53. The van der Waals surface area contributed by atoms with Crippen molar-refractivity contribution < 1.29 is 9.90 Å². The summed E-state index contributed by atoms with van der Waals surface area (Å²) < 4.78 is 1.92. The number of hydrogen-bond acceptors (Lipinski definition) is 3. The average Bonchev–Trinajstić information content (AvgIpc) is 2.80. The first-order valence-electron chi connectivity index (χ1n) is 7.49. The predicted octanol–water partition coefficient (Wildman–Crippen LogP) is 1.99. The summed E-state index contributed by atoms with van der Waals surface area (Å²) in [4.78, 5) is 12.3. The van der Waals surface area contributed by atoms with E-state index in [-0.39, 0.29) is 18.6 Å². The van der Waals surface area contributed by atoms with Gasteiger partial charge in [-0.25, -0.2) is 0 Å². The highest BCUT2D eigenvalue weighted by molar-refractivity contribution is 5.95. The third-order valence-electron chi connectivity index (χ3n) is 3.37. The lowest BCUT2D eigenvalue weighted by Crippen LogP contribution is -2.35. The summed E-state index contributed by atoms with van der Waals surface area (Å²) in [6.45, 7) is 9.22. The van der Waals surface area contributed by atoms with Crippen LogP contribution in [0.2, 0.25) is 0 Å². The van der Waals surface area contributed by atoms with Gasteiger partial charge in [0, 0.05) is 19.2 Å². The van der Waals surface area contributed by atoms with Crippen molar-refractivity contribution in [3.8, 4) is 0 Å². The Bertz CT molecular complexity index is 427. The summed E-state index contributed by atoms with van der Waals surface area (Å²) in [6.07, 6.45) is 3.84. The summed E-state index contributed by atoms with van der Waals surface area (Å²) in [5, 5.41) is 16.3. The molecule has 5 nitrogen and oxygen atoms in total. The molecule has 1 rings (SSSR count). The van der Waals surface area contributed by atoms with Crippen LogP contribution in [0.5, 0.6) is 0 Å². The van der Waals surface area contributed by atoms with Crippen molar-refractivity contribution in [1.29, 1.82) is 0 Å². The van der Waals surface area contributed by atoms with Crippen molar-refractivity contribution >= 4 is 5.91 Å². The summed E-state index contributed by atoms with van der Waals surface area (Å²) in [5.41, 5.74) is 1.64. The van der Waals surface area contributed by atoms with Crippen LogP contribution < -0.4 is 5.32 Å². The van der Waals surface area contributed by atoms with E-state index in [0.29, 0.717) is 17.9 Å². The van der Waals surface area contributed by atoms with Crippen LogP contribution in [-0.4, -0.2) is 33.4 Å². The molecule has 1 aromatic heterocycles. The number of amides is 1. The molecule has 0 aromatic carbocycles. The average molecular weight is 281 g/mol. The molecule has 1 heterocycles. The van der Waals surface area contributed by atoms with Crippen molar-refractivity contribution in [2.75, 3.05) is 6.61 Å². The van der Waals surface area contributed by atoms with Gasteiger partial charge in [-0.3, -0.25) is 9.48 Å². The summed E-state index contributed by atoms with van der Waals surface area (Å²) in [7, 11) is 0. The summed E-state index contributed by atoms with van der Waals surface area (Å²) >= 11 is 0. The molecule has 0 aliphatic heterocycles. The second-order valence-corrected chi connectivity index (χ2v) is 5.53. The first kappa shape index (κ1) is 16.7. The molecule has 1 amide bonds. The van der Waals surface area contributed by atoms with Gasteiger partial charge in [-0.05, 0) is 25.2 Å². The monoisotopic (exact) mass is 281 g/mol. The van der Waals surface area contributed by atoms with Crippen LogP contribution in [0.3, 0.4) is 0 Å². The topological polar surface area (TPSA) is 67.2 Å². The lowest BCUT2D eigenvalue weighted by Gasteiger charge is -2.16. The SMILES string of the molecule is CCc1c(C(=O)NC(CC)CCO)cnn1CC(C)C. The Labute approximate surface area is 121 Å². The van der Waals surface area contributed by atoms with Gasteiger partial charge in [0.1, 0.15) is 0 Å². The molecule has 1 atom stereocenters. The standard InChI is InChI=1S/C15H27N3O2/c1-5-12(7-8-19)17-15(20)13-9-16-18(10-11(3)4)14(13)6-2/h9,11-12,19H,5-8,10H2,1-4H3,(H,17,20). The first-order chi connectivity index (χ1) is 9.53. The van der Waals surface area contributed by atoms with E-state index >= 15 is 0 Å². The number of aromatic nitrogens is 2. The fourth-order valence-corrected chi connectivity index (χ4v) is 2.27. The fraction of sp³-hybridized carbons (Fsp3) is 0.733. The van der Waals surface area contributed by atoms with E-state index in [9.17, 15) is 4.79 Å². The van der Waals surface area contributed by atoms with Crippen molar-refractivity contribution in [3.05, 3.63) is 17.5 Å². The molecule has 0 aliphatic rings. The summed E-state index contributed by atoms with van der Waals surface area (Å²) in [5.74, 6) is 0.408. The van der Waals surface area contributed by atoms with Crippen molar-refractivity contribution in [1.82, 2.24) is 15.1 Å². The number of nitrogens with zero attached hydrogens (tertiary/aromatic N) is 2. The Balaban J connectivity index is 2.84. The summed E-state index contributed by atoms with van der Waals surface area (Å²) in [6, 6.07) is 0.0191. The zero-order chi connectivity index (χ0) is 15.1. The van der Waals surface area contributed by atoms with Crippen molar-refractivity contribution in [2.24, 2.45) is 5.92 Å². The highest BCUT2D eigenvalue weighted by Crippen LogP contribution is 2.12. The lowest BCUT2D eigenvalue weighted by molar-refractivity contribution is 0.0928. The Morgan fingerprint density at radius 2 is 2.15 bits per heavy atom. The number of hydrogen-bond donors (Lipinski definition) is 2. The minimum Gasteiger partial charge on any atom is -0.396 e. The Morgan fingerprint density at radius 1 is 1.45 bits per heavy atom. The van der Waals surface area contributed by atoms with Crippen LogP contribution >= 0.6 is 0 Å². The highest BCUT2D eigenvalue weighted by atomic mass is 16.3. The molecule has 0 saturated carbocycles. The zero-order valence-electron chi connectivity index (χ0n) is 13.0. The van der Waals surface area contributed by atoms with Gasteiger partial charge in [0.25, 0.3) is 5.91 Å². The smallest absolute Gasteiger partial charge is 0.254 e. The van der Waals surface area contributed by atoms with Gasteiger partial charge in [0.05, 0.1) is 17.5 Å². The fourth-order valence-electron chi connectivity index (χ4n) is 2.27. The van der Waals surface area contributed by atoms with Gasteiger partial charge >= 0.3 is 0 Å². The number of nitrogens with one attached hydrogen (secondary N) is 1. The Kier molecular flexibility index (Phi) is 6.71. The largest absolute Gasteiger partial charge is 0.396 e. The second kappa shape index (κ2) is 8.04. The molecular formula is C15H27N3O2. The third-order valence-corrected chi connectivity index (χ3v) is 3.37. The van der Waals surface area contributed by atoms with Crippen LogP contribution in [0.15, 0.2) is 6.20 Å². The maximum Gasteiger partial charge on any atom is 0.254 e. The normalized spacial score (nSPS) is 12.7.